The highest BCUT2D eigenvalue weighted by Gasteiger charge is 2.35. The van der Waals surface area contributed by atoms with Crippen molar-refractivity contribution in [1.29, 1.82) is 0 Å². The first-order chi connectivity index (χ1) is 60.9. The van der Waals surface area contributed by atoms with Crippen molar-refractivity contribution in [3.8, 4) is 89.0 Å². The maximum atomic E-state index is 13.5. The molecule has 12 aromatic carbocycles. The van der Waals surface area contributed by atoms with Crippen molar-refractivity contribution in [3.63, 3.8) is 0 Å². The number of nitrogens with one attached hydrogen (secondary N) is 3. The zero-order chi connectivity index (χ0) is 90.1. The molecule has 0 aromatic heterocycles. The average molecular weight is 1720 g/mol. The molecule has 8 atom stereocenters. The van der Waals surface area contributed by atoms with Gasteiger partial charge in [-0.25, -0.2) is 35.1 Å². The molecule has 1 aliphatic heterocycles. The molecule has 1 unspecified atom stereocenters. The van der Waals surface area contributed by atoms with Crippen LogP contribution in [0.1, 0.15) is 154 Å². The average Bonchev–Trinajstić information content (AvgIpc) is 1.39. The third-order valence-electron chi connectivity index (χ3n) is 25.5. The quantitative estimate of drug-likeness (QED) is 0.0214. The SMILES string of the molecule is CC(C)(C(=O)CC[C@H]1CC[C@@H](N)C1)c1cc(-c2ccc(F)cc2)cc(-c2ccc(F)cc2)c1.CC(C)(N)C1CN[C@H](CNC(=O)c2cc(-c3ccc(F)cc3)cc(-c3ccc(F)cc3)c2)C1.NC[C@@H]1CC[C@H](CNC(=O)c2cc(-c3ccc(F)cc3)cc(-c3ccc(F)cc3)c2)C1.N[C@@H]1CC[C@H](CCC(=O)c2cc(-c3ccc(F)cc3)cc(-c3ccc(F)cc3)c2)C1. The van der Waals surface area contributed by atoms with E-state index in [-0.39, 0.29) is 93.6 Å². The molecule has 3 saturated carbocycles. The van der Waals surface area contributed by atoms with Crippen LogP contribution in [-0.4, -0.2) is 73.2 Å². The summed E-state index contributed by atoms with van der Waals surface area (Å²) in [6.07, 6.45) is 13.1. The summed E-state index contributed by atoms with van der Waals surface area (Å²) >= 11 is 0. The number of rotatable bonds is 25. The Morgan fingerprint density at radius 2 is 0.622 bits per heavy atom. The monoisotopic (exact) mass is 1720 g/mol. The minimum atomic E-state index is -0.689. The first kappa shape index (κ1) is 92.8. The van der Waals surface area contributed by atoms with Crippen molar-refractivity contribution < 1.29 is 54.3 Å². The molecule has 0 bridgehead atoms. The molecule has 127 heavy (non-hydrogen) atoms. The van der Waals surface area contributed by atoms with Crippen molar-refractivity contribution in [2.24, 2.45) is 52.5 Å². The van der Waals surface area contributed by atoms with E-state index in [2.05, 4.69) is 16.0 Å². The number of amides is 2. The van der Waals surface area contributed by atoms with E-state index < -0.39 is 5.41 Å². The van der Waals surface area contributed by atoms with Crippen molar-refractivity contribution in [1.82, 2.24) is 16.0 Å². The lowest BCUT2D eigenvalue weighted by Gasteiger charge is -2.26. The molecule has 1 heterocycles. The van der Waals surface area contributed by atoms with Gasteiger partial charge in [0.1, 0.15) is 52.3 Å². The molecule has 4 fully saturated rings. The van der Waals surface area contributed by atoms with Crippen LogP contribution in [0.15, 0.2) is 267 Å². The second kappa shape index (κ2) is 42.6. The van der Waals surface area contributed by atoms with Crippen LogP contribution in [0, 0.1) is 76.1 Å². The van der Waals surface area contributed by atoms with Gasteiger partial charge < -0.3 is 38.9 Å². The Hall–Kier alpha value is -11.8. The van der Waals surface area contributed by atoms with Gasteiger partial charge in [-0.15, -0.1) is 0 Å². The van der Waals surface area contributed by atoms with Gasteiger partial charge in [-0.1, -0.05) is 109 Å². The van der Waals surface area contributed by atoms with E-state index in [9.17, 15) is 54.3 Å². The standard InChI is InChI=1S/C29H31F2NO.C27H29F2N3O.C26H26F2N2O.C26H25F2NO/c1-29(2,28(33)14-4-19-3-13-27(32)15-19)24-17-22(20-5-9-25(30)10-6-20)16-23(18-24)21-7-11-26(31)12-8-21;1-27(2,30)22-14-25(31-15-22)16-32-26(33)21-12-19(17-3-7-23(28)8-4-17)11-20(13-21)18-5-9-24(29)10-6-18;27-24-7-3-19(4-8-24)21-12-22(20-5-9-25(28)10-6-20)14-23(13-21)26(31)30-16-18-2-1-17(11-18)15-29;27-23-7-3-18(4-8-23)20-14-21(19-5-9-24(28)10-6-19)16-22(15-20)26(30)12-2-17-1-11-25(29)13-17/h5-12,16-19,27H,3-4,13-15,32H2,1-2H3;3-13,22,25,31H,14-16,30H2,1-2H3,(H,32,33);3-10,12-14,17-18H,1-2,11,15-16,29H2,(H,30,31);3-10,14-17,25H,1-2,11-13,29H2/t19-,27-;22?,25-;17-,18+;17-,25-/m1011/s1. The molecule has 16 rings (SSSR count). The second-order valence-corrected chi connectivity index (χ2v) is 35.7. The molecule has 1 saturated heterocycles. The molecular weight excluding hydrogens is 1610 g/mol. The summed E-state index contributed by atoms with van der Waals surface area (Å²) in [5, 5.41) is 9.53. The van der Waals surface area contributed by atoms with Crippen LogP contribution in [0.3, 0.4) is 0 Å². The lowest BCUT2D eigenvalue weighted by atomic mass is 9.76. The van der Waals surface area contributed by atoms with E-state index in [4.69, 9.17) is 22.9 Å². The Bertz CT molecular complexity index is 5480. The number of benzene rings is 12. The van der Waals surface area contributed by atoms with E-state index >= 15 is 0 Å². The number of nitrogens with two attached hydrogens (primary N) is 4. The highest BCUT2D eigenvalue weighted by atomic mass is 19.2. The maximum Gasteiger partial charge on any atom is 0.251 e. The molecular formula is C108H111F8N7O4. The second-order valence-electron chi connectivity index (χ2n) is 35.7. The summed E-state index contributed by atoms with van der Waals surface area (Å²) in [5.74, 6) is -0.146. The largest absolute Gasteiger partial charge is 0.352 e. The molecule has 0 spiro atoms. The van der Waals surface area contributed by atoms with Gasteiger partial charge in [0, 0.05) is 78.2 Å². The van der Waals surface area contributed by atoms with Crippen LogP contribution in [-0.2, 0) is 10.2 Å². The van der Waals surface area contributed by atoms with E-state index in [1.807, 2.05) is 88.4 Å². The van der Waals surface area contributed by atoms with Crippen LogP contribution >= 0.6 is 0 Å². The fourth-order valence-corrected chi connectivity index (χ4v) is 17.6. The molecule has 3 aliphatic carbocycles. The topological polar surface area (TPSA) is 208 Å². The zero-order valence-corrected chi connectivity index (χ0v) is 72.2. The number of halogens is 8. The fraction of sp³-hybridized carbons (Fsp3) is 0.296. The van der Waals surface area contributed by atoms with Gasteiger partial charge in [0.2, 0.25) is 0 Å². The van der Waals surface area contributed by atoms with Gasteiger partial charge in [0.25, 0.3) is 11.8 Å². The summed E-state index contributed by atoms with van der Waals surface area (Å²) in [4.78, 5) is 52.4. The molecule has 12 aromatic rings. The van der Waals surface area contributed by atoms with Crippen molar-refractivity contribution in [2.45, 2.75) is 147 Å². The first-order valence-electron chi connectivity index (χ1n) is 44.0. The zero-order valence-electron chi connectivity index (χ0n) is 72.2. The Morgan fingerprint density at radius 3 is 0.906 bits per heavy atom. The van der Waals surface area contributed by atoms with Gasteiger partial charge in [0.05, 0.1) is 0 Å². The van der Waals surface area contributed by atoms with Crippen LogP contribution in [0.25, 0.3) is 89.0 Å². The number of hydrogen-bond acceptors (Lipinski definition) is 9. The summed E-state index contributed by atoms with van der Waals surface area (Å²) in [5.41, 5.74) is 38.9. The Labute approximate surface area is 739 Å². The summed E-state index contributed by atoms with van der Waals surface area (Å²) in [6.45, 7) is 10.6. The Kier molecular flexibility index (Phi) is 31.2. The first-order valence-corrected chi connectivity index (χ1v) is 44.0. The number of Topliss-reactive ketones (excluding diaryl/α,β-unsaturated/α-hetero) is 2. The smallest absolute Gasteiger partial charge is 0.251 e. The van der Waals surface area contributed by atoms with Crippen molar-refractivity contribution >= 4 is 23.4 Å². The Balaban J connectivity index is 0.000000145. The minimum absolute atomic E-state index is 0.0859. The molecule has 0 radical (unpaired) electrons. The number of ketones is 2. The van der Waals surface area contributed by atoms with Gasteiger partial charge in [-0.05, 0) is 393 Å². The van der Waals surface area contributed by atoms with Gasteiger partial charge in [0.15, 0.2) is 5.78 Å². The van der Waals surface area contributed by atoms with E-state index in [1.54, 1.807) is 109 Å². The highest BCUT2D eigenvalue weighted by molar-refractivity contribution is 6.00. The molecule has 19 heteroatoms. The predicted octanol–water partition coefficient (Wildman–Crippen LogP) is 23.6. The maximum absolute atomic E-state index is 13.5. The molecule has 4 aliphatic rings. The number of carbonyl (C=O) groups is 4. The van der Waals surface area contributed by atoms with Gasteiger partial charge in [-0.3, -0.25) is 19.2 Å². The molecule has 658 valence electrons. The summed E-state index contributed by atoms with van der Waals surface area (Å²) in [7, 11) is 0. The normalized spacial score (nSPS) is 18.4. The van der Waals surface area contributed by atoms with Crippen molar-refractivity contribution in [2.75, 3.05) is 26.2 Å². The van der Waals surface area contributed by atoms with E-state index in [0.717, 1.165) is 178 Å². The lowest BCUT2D eigenvalue weighted by Crippen LogP contribution is -2.41. The Morgan fingerprint density at radius 1 is 0.339 bits per heavy atom. The molecule has 11 nitrogen and oxygen atoms in total. The molecule has 2 amide bonds. The van der Waals surface area contributed by atoms with Gasteiger partial charge >= 0.3 is 0 Å². The number of hydrogen-bond donors (Lipinski definition) is 7. The predicted molar refractivity (Wildman–Crippen MR) is 493 cm³/mol. The van der Waals surface area contributed by atoms with Crippen LogP contribution in [0.5, 0.6) is 0 Å². The third kappa shape index (κ3) is 25.8. The van der Waals surface area contributed by atoms with E-state index in [0.29, 0.717) is 78.8 Å². The van der Waals surface area contributed by atoms with Crippen LogP contribution in [0.2, 0.25) is 0 Å². The summed E-state index contributed by atoms with van der Waals surface area (Å²) < 4.78 is 107. The van der Waals surface area contributed by atoms with Gasteiger partial charge in [-0.2, -0.15) is 0 Å². The highest BCUT2D eigenvalue weighted by Crippen LogP contribution is 2.40. The minimum Gasteiger partial charge on any atom is -0.352 e. The molecule has 11 N–H and O–H groups in total. The fourth-order valence-electron chi connectivity index (χ4n) is 17.6. The van der Waals surface area contributed by atoms with E-state index in [1.165, 1.54) is 97.1 Å². The van der Waals surface area contributed by atoms with Crippen molar-refractivity contribution in [3.05, 3.63) is 336 Å². The van der Waals surface area contributed by atoms with Crippen LogP contribution < -0.4 is 38.9 Å². The lowest BCUT2D eigenvalue weighted by molar-refractivity contribution is -0.123. The van der Waals surface area contributed by atoms with Crippen LogP contribution in [0.4, 0.5) is 35.1 Å². The third-order valence-corrected chi connectivity index (χ3v) is 25.5. The summed E-state index contributed by atoms with van der Waals surface area (Å²) in [6, 6.07) is 73.2. The number of carbonyl (C=O) groups excluding carboxylic acids is 4.